The van der Waals surface area contributed by atoms with Gasteiger partial charge in [0.1, 0.15) is 0 Å². The molecule has 0 radical (unpaired) electrons. The SMILES string of the molecule is CC1CC(=O)C=C(Cc2ccsc2Br)C1. The lowest BCUT2D eigenvalue weighted by Gasteiger charge is -2.17. The van der Waals surface area contributed by atoms with Crippen LogP contribution in [-0.2, 0) is 11.2 Å². The lowest BCUT2D eigenvalue weighted by Crippen LogP contribution is -2.12. The Morgan fingerprint density at radius 1 is 1.53 bits per heavy atom. The van der Waals surface area contributed by atoms with Crippen LogP contribution in [0.2, 0.25) is 0 Å². The quantitative estimate of drug-likeness (QED) is 0.803. The van der Waals surface area contributed by atoms with Crippen LogP contribution >= 0.6 is 27.3 Å². The molecule has 0 saturated heterocycles. The van der Waals surface area contributed by atoms with Crippen LogP contribution in [0.4, 0.5) is 0 Å². The van der Waals surface area contributed by atoms with E-state index in [0.717, 1.165) is 12.8 Å². The van der Waals surface area contributed by atoms with Crippen molar-refractivity contribution in [3.05, 3.63) is 32.4 Å². The molecular formula is C12H13BrOS. The van der Waals surface area contributed by atoms with Gasteiger partial charge in [-0.15, -0.1) is 11.3 Å². The monoisotopic (exact) mass is 284 g/mol. The molecule has 1 unspecified atom stereocenters. The van der Waals surface area contributed by atoms with Gasteiger partial charge in [-0.05, 0) is 57.8 Å². The summed E-state index contributed by atoms with van der Waals surface area (Å²) in [5.74, 6) is 0.796. The normalized spacial score (nSPS) is 21.6. The van der Waals surface area contributed by atoms with Crippen molar-refractivity contribution < 1.29 is 4.79 Å². The van der Waals surface area contributed by atoms with Gasteiger partial charge in [-0.25, -0.2) is 0 Å². The lowest BCUT2D eigenvalue weighted by atomic mass is 9.87. The Kier molecular flexibility index (Phi) is 3.42. The van der Waals surface area contributed by atoms with Gasteiger partial charge in [0.2, 0.25) is 0 Å². The first kappa shape index (κ1) is 11.1. The Balaban J connectivity index is 2.12. The molecule has 80 valence electrons. The van der Waals surface area contributed by atoms with Crippen molar-refractivity contribution in [1.82, 2.24) is 0 Å². The van der Waals surface area contributed by atoms with Crippen LogP contribution in [0.25, 0.3) is 0 Å². The Labute approximate surface area is 102 Å². The molecule has 1 atom stereocenters. The van der Waals surface area contributed by atoms with Gasteiger partial charge in [0, 0.05) is 6.42 Å². The third-order valence-corrected chi connectivity index (χ3v) is 4.45. The fraction of sp³-hybridized carbons (Fsp3) is 0.417. The fourth-order valence-corrected chi connectivity index (χ4v) is 3.26. The Morgan fingerprint density at radius 3 is 2.93 bits per heavy atom. The summed E-state index contributed by atoms with van der Waals surface area (Å²) in [5, 5.41) is 2.08. The molecular weight excluding hydrogens is 272 g/mol. The molecule has 0 aliphatic heterocycles. The zero-order valence-corrected chi connectivity index (χ0v) is 11.0. The van der Waals surface area contributed by atoms with Gasteiger partial charge in [-0.2, -0.15) is 0 Å². The van der Waals surface area contributed by atoms with Crippen LogP contribution in [0.15, 0.2) is 26.9 Å². The Hall–Kier alpha value is -0.410. The van der Waals surface area contributed by atoms with Crippen molar-refractivity contribution >= 4 is 33.0 Å². The summed E-state index contributed by atoms with van der Waals surface area (Å²) in [7, 11) is 0. The summed E-state index contributed by atoms with van der Waals surface area (Å²) in [6, 6.07) is 2.12. The molecule has 1 aromatic heterocycles. The predicted octanol–water partition coefficient (Wildman–Crippen LogP) is 3.98. The van der Waals surface area contributed by atoms with Crippen LogP contribution in [0.3, 0.4) is 0 Å². The van der Waals surface area contributed by atoms with Gasteiger partial charge in [0.25, 0.3) is 0 Å². The average Bonchev–Trinajstić information content (AvgIpc) is 2.50. The summed E-state index contributed by atoms with van der Waals surface area (Å²) in [4.78, 5) is 11.4. The number of carbonyl (C=O) groups is 1. The number of allylic oxidation sites excluding steroid dienone is 2. The maximum absolute atomic E-state index is 11.4. The first-order valence-electron chi connectivity index (χ1n) is 5.09. The van der Waals surface area contributed by atoms with Gasteiger partial charge in [0.05, 0.1) is 3.79 Å². The van der Waals surface area contributed by atoms with Crippen LogP contribution in [0.1, 0.15) is 25.3 Å². The van der Waals surface area contributed by atoms with Crippen molar-refractivity contribution in [2.75, 3.05) is 0 Å². The van der Waals surface area contributed by atoms with Crippen LogP contribution in [-0.4, -0.2) is 5.78 Å². The van der Waals surface area contributed by atoms with Crippen LogP contribution in [0.5, 0.6) is 0 Å². The minimum atomic E-state index is 0.287. The summed E-state index contributed by atoms with van der Waals surface area (Å²) in [6.07, 6.45) is 4.53. The maximum Gasteiger partial charge on any atom is 0.155 e. The van der Waals surface area contributed by atoms with Crippen molar-refractivity contribution in [3.8, 4) is 0 Å². The molecule has 0 spiro atoms. The maximum atomic E-state index is 11.4. The van der Waals surface area contributed by atoms with Crippen molar-refractivity contribution in [2.24, 2.45) is 5.92 Å². The van der Waals surface area contributed by atoms with E-state index in [9.17, 15) is 4.79 Å². The highest BCUT2D eigenvalue weighted by molar-refractivity contribution is 9.11. The second-order valence-corrected chi connectivity index (χ2v) is 6.41. The highest BCUT2D eigenvalue weighted by Gasteiger charge is 2.17. The van der Waals surface area contributed by atoms with E-state index >= 15 is 0 Å². The van der Waals surface area contributed by atoms with Crippen LogP contribution < -0.4 is 0 Å². The van der Waals surface area contributed by atoms with Crippen molar-refractivity contribution in [1.29, 1.82) is 0 Å². The van der Waals surface area contributed by atoms with Gasteiger partial charge in [0.15, 0.2) is 5.78 Å². The Bertz CT molecular complexity index is 406. The van der Waals surface area contributed by atoms with E-state index in [1.165, 1.54) is 14.9 Å². The molecule has 1 aliphatic rings. The minimum absolute atomic E-state index is 0.287. The standard InChI is InChI=1S/C12H13BrOS/c1-8-4-9(7-11(14)5-8)6-10-2-3-15-12(10)13/h2-3,7-8H,4-6H2,1H3. The van der Waals surface area contributed by atoms with Gasteiger partial charge >= 0.3 is 0 Å². The van der Waals surface area contributed by atoms with E-state index in [0.29, 0.717) is 12.3 Å². The molecule has 1 aromatic rings. The molecule has 0 aromatic carbocycles. The van der Waals surface area contributed by atoms with Gasteiger partial charge in [-0.3, -0.25) is 4.79 Å². The summed E-state index contributed by atoms with van der Waals surface area (Å²) in [6.45, 7) is 2.15. The second kappa shape index (κ2) is 4.62. The summed E-state index contributed by atoms with van der Waals surface area (Å²) >= 11 is 5.23. The first-order valence-corrected chi connectivity index (χ1v) is 6.76. The van der Waals surface area contributed by atoms with Crippen molar-refractivity contribution in [3.63, 3.8) is 0 Å². The van der Waals surface area contributed by atoms with E-state index in [1.807, 2.05) is 6.08 Å². The number of hydrogen-bond donors (Lipinski definition) is 0. The smallest absolute Gasteiger partial charge is 0.155 e. The van der Waals surface area contributed by atoms with Gasteiger partial charge in [-0.1, -0.05) is 12.5 Å². The highest BCUT2D eigenvalue weighted by Crippen LogP contribution is 2.29. The number of halogens is 1. The molecule has 1 heterocycles. The molecule has 0 N–H and O–H groups in total. The molecule has 0 saturated carbocycles. The molecule has 0 amide bonds. The number of rotatable bonds is 2. The van der Waals surface area contributed by atoms with Gasteiger partial charge < -0.3 is 0 Å². The molecule has 2 rings (SSSR count). The van der Waals surface area contributed by atoms with E-state index in [2.05, 4.69) is 34.3 Å². The second-order valence-electron chi connectivity index (χ2n) is 4.18. The largest absolute Gasteiger partial charge is 0.295 e. The number of thiophene rings is 1. The number of ketones is 1. The third kappa shape index (κ3) is 2.79. The molecule has 15 heavy (non-hydrogen) atoms. The molecule has 0 bridgehead atoms. The zero-order chi connectivity index (χ0) is 10.8. The van der Waals surface area contributed by atoms with E-state index in [1.54, 1.807) is 11.3 Å². The topological polar surface area (TPSA) is 17.1 Å². The number of carbonyl (C=O) groups excluding carboxylic acids is 1. The van der Waals surface area contributed by atoms with Crippen LogP contribution in [0, 0.1) is 5.92 Å². The molecule has 3 heteroatoms. The molecule has 0 fully saturated rings. The minimum Gasteiger partial charge on any atom is -0.295 e. The average molecular weight is 285 g/mol. The lowest BCUT2D eigenvalue weighted by molar-refractivity contribution is -0.115. The van der Waals surface area contributed by atoms with E-state index < -0.39 is 0 Å². The van der Waals surface area contributed by atoms with Crippen molar-refractivity contribution in [2.45, 2.75) is 26.2 Å². The first-order chi connectivity index (χ1) is 7.15. The third-order valence-electron chi connectivity index (χ3n) is 2.64. The summed E-state index contributed by atoms with van der Waals surface area (Å²) < 4.78 is 1.19. The Morgan fingerprint density at radius 2 is 2.33 bits per heavy atom. The summed E-state index contributed by atoms with van der Waals surface area (Å²) in [5.41, 5.74) is 2.58. The predicted molar refractivity (Wildman–Crippen MR) is 67.2 cm³/mol. The highest BCUT2D eigenvalue weighted by atomic mass is 79.9. The zero-order valence-electron chi connectivity index (χ0n) is 8.63. The fourth-order valence-electron chi connectivity index (χ4n) is 2.02. The molecule has 1 nitrogen and oxygen atoms in total. The van der Waals surface area contributed by atoms with E-state index in [4.69, 9.17) is 0 Å². The van der Waals surface area contributed by atoms with E-state index in [-0.39, 0.29) is 5.78 Å². The molecule has 1 aliphatic carbocycles. The number of hydrogen-bond acceptors (Lipinski definition) is 2.